The Bertz CT molecular complexity index is 142. The second-order valence-corrected chi connectivity index (χ2v) is 4.76. The normalized spacial score (nSPS) is 19.6. The van der Waals surface area contributed by atoms with Gasteiger partial charge >= 0.3 is 0 Å². The summed E-state index contributed by atoms with van der Waals surface area (Å²) in [6.07, 6.45) is 5.34. The van der Waals surface area contributed by atoms with Gasteiger partial charge in [0.05, 0.1) is 0 Å². The van der Waals surface area contributed by atoms with E-state index in [1.165, 1.54) is 51.9 Å². The number of likely N-dealkylation sites (tertiary alicyclic amines) is 1. The van der Waals surface area contributed by atoms with Gasteiger partial charge in [0.2, 0.25) is 0 Å². The first-order valence-electron chi connectivity index (χ1n) is 6.37. The highest BCUT2D eigenvalue weighted by Gasteiger charge is 2.15. The van der Waals surface area contributed by atoms with E-state index in [2.05, 4.69) is 22.6 Å². The molecule has 1 fully saturated rings. The van der Waals surface area contributed by atoms with Crippen LogP contribution in [0.5, 0.6) is 0 Å². The molecule has 15 heavy (non-hydrogen) atoms. The summed E-state index contributed by atoms with van der Waals surface area (Å²) in [7, 11) is 4.24. The van der Waals surface area contributed by atoms with Crippen molar-refractivity contribution in [1.29, 1.82) is 0 Å². The van der Waals surface area contributed by atoms with Crippen LogP contribution in [-0.4, -0.2) is 51.7 Å². The molecule has 0 atom stereocenters. The molecule has 1 rings (SSSR count). The van der Waals surface area contributed by atoms with Crippen molar-refractivity contribution in [1.82, 2.24) is 15.5 Å². The number of hydrogen-bond acceptors (Lipinski definition) is 3. The molecule has 0 amide bonds. The molecule has 1 aliphatic heterocycles. The zero-order valence-corrected chi connectivity index (χ0v) is 10.4. The maximum absolute atomic E-state index is 3.58. The third-order valence-electron chi connectivity index (χ3n) is 3.30. The van der Waals surface area contributed by atoms with Crippen molar-refractivity contribution in [3.63, 3.8) is 0 Å². The van der Waals surface area contributed by atoms with Crippen molar-refractivity contribution >= 4 is 0 Å². The summed E-state index contributed by atoms with van der Waals surface area (Å²) in [4.78, 5) is 2.43. The molecule has 3 nitrogen and oxygen atoms in total. The molecule has 0 aromatic rings. The van der Waals surface area contributed by atoms with Crippen molar-refractivity contribution in [3.05, 3.63) is 0 Å². The SMILES string of the molecule is CNCCCCNCC1CCN(C)CC1. The van der Waals surface area contributed by atoms with Crippen molar-refractivity contribution in [3.8, 4) is 0 Å². The molecule has 1 heterocycles. The van der Waals surface area contributed by atoms with Gasteiger partial charge in [-0.3, -0.25) is 0 Å². The fourth-order valence-corrected chi connectivity index (χ4v) is 2.12. The first-order valence-corrected chi connectivity index (χ1v) is 6.37. The lowest BCUT2D eigenvalue weighted by molar-refractivity contribution is 0.216. The molecule has 0 aromatic heterocycles. The average molecular weight is 213 g/mol. The quantitative estimate of drug-likeness (QED) is 0.616. The van der Waals surface area contributed by atoms with E-state index in [9.17, 15) is 0 Å². The van der Waals surface area contributed by atoms with E-state index in [4.69, 9.17) is 0 Å². The first kappa shape index (κ1) is 12.9. The van der Waals surface area contributed by atoms with Crippen LogP contribution in [0.1, 0.15) is 25.7 Å². The lowest BCUT2D eigenvalue weighted by atomic mass is 9.97. The van der Waals surface area contributed by atoms with Crippen LogP contribution in [0.3, 0.4) is 0 Å². The van der Waals surface area contributed by atoms with E-state index < -0.39 is 0 Å². The second-order valence-electron chi connectivity index (χ2n) is 4.76. The summed E-state index contributed by atoms with van der Waals surface area (Å²) in [5.41, 5.74) is 0. The van der Waals surface area contributed by atoms with E-state index in [0.29, 0.717) is 0 Å². The summed E-state index contributed by atoms with van der Waals surface area (Å²) in [5.74, 6) is 0.922. The van der Waals surface area contributed by atoms with Crippen LogP contribution in [0.4, 0.5) is 0 Å². The highest BCUT2D eigenvalue weighted by atomic mass is 15.1. The van der Waals surface area contributed by atoms with Gasteiger partial charge in [-0.15, -0.1) is 0 Å². The monoisotopic (exact) mass is 213 g/mol. The van der Waals surface area contributed by atoms with Crippen molar-refractivity contribution < 1.29 is 0 Å². The molecule has 90 valence electrons. The van der Waals surface area contributed by atoms with Crippen LogP contribution >= 0.6 is 0 Å². The predicted octanol–water partition coefficient (Wildman–Crippen LogP) is 0.917. The summed E-state index contributed by atoms with van der Waals surface area (Å²) >= 11 is 0. The minimum Gasteiger partial charge on any atom is -0.320 e. The van der Waals surface area contributed by atoms with Gasteiger partial charge in [-0.1, -0.05) is 0 Å². The summed E-state index contributed by atoms with van der Waals surface area (Å²) in [6, 6.07) is 0. The molecule has 0 unspecified atom stereocenters. The van der Waals surface area contributed by atoms with Crippen LogP contribution in [-0.2, 0) is 0 Å². The van der Waals surface area contributed by atoms with Gasteiger partial charge in [0.25, 0.3) is 0 Å². The number of nitrogens with one attached hydrogen (secondary N) is 2. The van der Waals surface area contributed by atoms with Gasteiger partial charge in [0, 0.05) is 0 Å². The highest BCUT2D eigenvalue weighted by molar-refractivity contribution is 4.71. The molecule has 0 bridgehead atoms. The van der Waals surface area contributed by atoms with Crippen LogP contribution in [0.2, 0.25) is 0 Å². The zero-order valence-electron chi connectivity index (χ0n) is 10.4. The Morgan fingerprint density at radius 3 is 2.47 bits per heavy atom. The Labute approximate surface area is 94.6 Å². The Morgan fingerprint density at radius 1 is 1.13 bits per heavy atom. The van der Waals surface area contributed by atoms with Crippen LogP contribution < -0.4 is 10.6 Å². The minimum absolute atomic E-state index is 0.922. The molecule has 2 N–H and O–H groups in total. The third kappa shape index (κ3) is 6.13. The van der Waals surface area contributed by atoms with Gasteiger partial charge in [-0.05, 0) is 78.4 Å². The van der Waals surface area contributed by atoms with Crippen molar-refractivity contribution in [2.75, 3.05) is 46.8 Å². The molecule has 1 aliphatic rings. The number of unbranched alkanes of at least 4 members (excludes halogenated alkanes) is 1. The molecule has 0 radical (unpaired) electrons. The number of rotatable bonds is 7. The van der Waals surface area contributed by atoms with Gasteiger partial charge in [-0.25, -0.2) is 0 Å². The highest BCUT2D eigenvalue weighted by Crippen LogP contribution is 2.14. The van der Waals surface area contributed by atoms with E-state index in [1.807, 2.05) is 7.05 Å². The van der Waals surface area contributed by atoms with Crippen LogP contribution in [0.15, 0.2) is 0 Å². The Morgan fingerprint density at radius 2 is 1.80 bits per heavy atom. The van der Waals surface area contributed by atoms with Gasteiger partial charge in [-0.2, -0.15) is 0 Å². The van der Waals surface area contributed by atoms with Gasteiger partial charge in [0.1, 0.15) is 0 Å². The largest absolute Gasteiger partial charge is 0.320 e. The van der Waals surface area contributed by atoms with E-state index in [0.717, 1.165) is 12.5 Å². The molecular formula is C12H27N3. The Hall–Kier alpha value is -0.120. The van der Waals surface area contributed by atoms with E-state index in [-0.39, 0.29) is 0 Å². The fraction of sp³-hybridized carbons (Fsp3) is 1.00. The second kappa shape index (κ2) is 8.08. The maximum atomic E-state index is 3.58. The molecule has 0 aromatic carbocycles. The van der Waals surface area contributed by atoms with Crippen LogP contribution in [0, 0.1) is 5.92 Å². The zero-order chi connectivity index (χ0) is 10.9. The molecular weight excluding hydrogens is 186 g/mol. The number of piperidine rings is 1. The molecule has 0 spiro atoms. The number of hydrogen-bond donors (Lipinski definition) is 2. The summed E-state index contributed by atoms with van der Waals surface area (Å²) < 4.78 is 0. The molecule has 0 aliphatic carbocycles. The Kier molecular flexibility index (Phi) is 6.98. The van der Waals surface area contributed by atoms with Gasteiger partial charge < -0.3 is 15.5 Å². The van der Waals surface area contributed by atoms with Gasteiger partial charge in [0.15, 0.2) is 0 Å². The van der Waals surface area contributed by atoms with Crippen molar-refractivity contribution in [2.45, 2.75) is 25.7 Å². The molecule has 3 heteroatoms. The lowest BCUT2D eigenvalue weighted by Crippen LogP contribution is -2.35. The number of nitrogens with zero attached hydrogens (tertiary/aromatic N) is 1. The topological polar surface area (TPSA) is 27.3 Å². The first-order chi connectivity index (χ1) is 7.33. The molecule has 1 saturated heterocycles. The standard InChI is InChI=1S/C12H27N3/c1-13-7-3-4-8-14-11-12-5-9-15(2)10-6-12/h12-14H,3-11H2,1-2H3. The maximum Gasteiger partial charge on any atom is -0.00187 e. The summed E-state index contributed by atoms with van der Waals surface area (Å²) in [6.45, 7) is 6.13. The Balaban J connectivity index is 1.87. The van der Waals surface area contributed by atoms with Crippen LogP contribution in [0.25, 0.3) is 0 Å². The van der Waals surface area contributed by atoms with E-state index in [1.54, 1.807) is 0 Å². The smallest absolute Gasteiger partial charge is 0.00187 e. The van der Waals surface area contributed by atoms with Crippen molar-refractivity contribution in [2.24, 2.45) is 5.92 Å². The average Bonchev–Trinajstić information content (AvgIpc) is 2.26. The molecule has 0 saturated carbocycles. The predicted molar refractivity (Wildman–Crippen MR) is 66.3 cm³/mol. The third-order valence-corrected chi connectivity index (χ3v) is 3.30. The summed E-state index contributed by atoms with van der Waals surface area (Å²) in [5, 5.41) is 6.76. The van der Waals surface area contributed by atoms with E-state index >= 15 is 0 Å². The lowest BCUT2D eigenvalue weighted by Gasteiger charge is -2.29. The minimum atomic E-state index is 0.922. The fourth-order valence-electron chi connectivity index (χ4n) is 2.12.